The average Bonchev–Trinajstić information content (AvgIpc) is 2.92. The minimum absolute atomic E-state index is 0.0966. The molecule has 0 bridgehead atoms. The molecule has 0 unspecified atom stereocenters. The Kier molecular flexibility index (Phi) is 5.00. The summed E-state index contributed by atoms with van der Waals surface area (Å²) in [5.74, 6) is 0.169. The lowest BCUT2D eigenvalue weighted by Gasteiger charge is -2.16. The predicted octanol–water partition coefficient (Wildman–Crippen LogP) is 2.46. The summed E-state index contributed by atoms with van der Waals surface area (Å²) in [6.45, 7) is 5.08. The zero-order valence-electron chi connectivity index (χ0n) is 12.5. The van der Waals surface area contributed by atoms with Crippen molar-refractivity contribution in [1.82, 2.24) is 4.31 Å². The van der Waals surface area contributed by atoms with Crippen LogP contribution in [-0.2, 0) is 14.8 Å². The van der Waals surface area contributed by atoms with E-state index >= 15 is 0 Å². The fourth-order valence-corrected chi connectivity index (χ4v) is 3.96. The number of amides is 1. The van der Waals surface area contributed by atoms with E-state index < -0.39 is 10.0 Å². The maximum absolute atomic E-state index is 12.5. The Morgan fingerprint density at radius 2 is 1.95 bits per heavy atom. The van der Waals surface area contributed by atoms with Gasteiger partial charge in [0.15, 0.2) is 0 Å². The molecule has 0 spiro atoms. The molecule has 0 aromatic heterocycles. The number of carbonyl (C=O) groups excluding carboxylic acids is 1. The van der Waals surface area contributed by atoms with Gasteiger partial charge in [-0.25, -0.2) is 8.42 Å². The molecule has 6 heteroatoms. The molecule has 1 aromatic carbocycles. The van der Waals surface area contributed by atoms with Gasteiger partial charge < -0.3 is 5.32 Å². The lowest BCUT2D eigenvalue weighted by atomic mass is 10.1. The Morgan fingerprint density at radius 3 is 2.57 bits per heavy atom. The van der Waals surface area contributed by atoms with Gasteiger partial charge in [0.1, 0.15) is 0 Å². The third kappa shape index (κ3) is 4.04. The van der Waals surface area contributed by atoms with E-state index in [0.29, 0.717) is 25.2 Å². The molecule has 5 nitrogen and oxygen atoms in total. The van der Waals surface area contributed by atoms with Crippen LogP contribution in [0.2, 0.25) is 0 Å². The second-order valence-electron chi connectivity index (χ2n) is 5.79. The van der Waals surface area contributed by atoms with Crippen LogP contribution in [0, 0.1) is 5.92 Å². The highest BCUT2D eigenvalue weighted by atomic mass is 32.2. The standard InChI is InChI=1S/C15H22N2O3S/c1-12(2)10-15(18)16-13-6-5-7-14(11-13)21(19,20)17-8-3-4-9-17/h5-7,11-12H,3-4,8-10H2,1-2H3,(H,16,18). The molecule has 1 aromatic rings. The Balaban J connectivity index is 2.15. The van der Waals surface area contributed by atoms with Gasteiger partial charge in [0.2, 0.25) is 15.9 Å². The number of carbonyl (C=O) groups is 1. The van der Waals surface area contributed by atoms with Crippen molar-refractivity contribution in [1.29, 1.82) is 0 Å². The SMILES string of the molecule is CC(C)CC(=O)Nc1cccc(S(=O)(=O)N2CCCC2)c1. The molecule has 0 aliphatic carbocycles. The van der Waals surface area contributed by atoms with Crippen LogP contribution in [0.1, 0.15) is 33.1 Å². The molecule has 1 heterocycles. The van der Waals surface area contributed by atoms with Crippen LogP contribution in [0.3, 0.4) is 0 Å². The largest absolute Gasteiger partial charge is 0.326 e. The van der Waals surface area contributed by atoms with Gasteiger partial charge in [-0.1, -0.05) is 19.9 Å². The van der Waals surface area contributed by atoms with Gasteiger partial charge in [0.05, 0.1) is 4.90 Å². The van der Waals surface area contributed by atoms with Crippen LogP contribution in [0.5, 0.6) is 0 Å². The first-order valence-corrected chi connectivity index (χ1v) is 8.73. The second-order valence-corrected chi connectivity index (χ2v) is 7.72. The molecule has 1 N–H and O–H groups in total. The molecule has 1 amide bonds. The van der Waals surface area contributed by atoms with Gasteiger partial charge in [0.25, 0.3) is 0 Å². The fourth-order valence-electron chi connectivity index (χ4n) is 2.39. The summed E-state index contributed by atoms with van der Waals surface area (Å²) in [4.78, 5) is 12.0. The van der Waals surface area contributed by atoms with E-state index in [1.165, 1.54) is 10.4 Å². The number of hydrogen-bond acceptors (Lipinski definition) is 3. The summed E-state index contributed by atoms with van der Waals surface area (Å²) in [5, 5.41) is 2.75. The lowest BCUT2D eigenvalue weighted by molar-refractivity contribution is -0.116. The van der Waals surface area contributed by atoms with Gasteiger partial charge >= 0.3 is 0 Å². The monoisotopic (exact) mass is 310 g/mol. The van der Waals surface area contributed by atoms with Crippen molar-refractivity contribution in [2.45, 2.75) is 38.0 Å². The van der Waals surface area contributed by atoms with Crippen molar-refractivity contribution >= 4 is 21.6 Å². The highest BCUT2D eigenvalue weighted by Gasteiger charge is 2.27. The smallest absolute Gasteiger partial charge is 0.243 e. The minimum atomic E-state index is -3.44. The predicted molar refractivity (Wildman–Crippen MR) is 82.5 cm³/mol. The van der Waals surface area contributed by atoms with Crippen molar-refractivity contribution in [3.8, 4) is 0 Å². The molecule has 2 rings (SSSR count). The van der Waals surface area contributed by atoms with E-state index in [4.69, 9.17) is 0 Å². The Hall–Kier alpha value is -1.40. The topological polar surface area (TPSA) is 66.5 Å². The maximum Gasteiger partial charge on any atom is 0.243 e. The molecule has 1 aliphatic heterocycles. The zero-order valence-corrected chi connectivity index (χ0v) is 13.3. The van der Waals surface area contributed by atoms with Crippen molar-refractivity contribution < 1.29 is 13.2 Å². The normalized spacial score (nSPS) is 16.3. The fraction of sp³-hybridized carbons (Fsp3) is 0.533. The van der Waals surface area contributed by atoms with E-state index in [9.17, 15) is 13.2 Å². The van der Waals surface area contributed by atoms with Crippen LogP contribution in [0.25, 0.3) is 0 Å². The van der Waals surface area contributed by atoms with Crippen LogP contribution in [0.4, 0.5) is 5.69 Å². The number of benzene rings is 1. The van der Waals surface area contributed by atoms with Gasteiger partial charge in [-0.15, -0.1) is 0 Å². The number of hydrogen-bond donors (Lipinski definition) is 1. The van der Waals surface area contributed by atoms with Crippen LogP contribution in [-0.4, -0.2) is 31.7 Å². The van der Waals surface area contributed by atoms with Crippen molar-refractivity contribution in [2.24, 2.45) is 5.92 Å². The second kappa shape index (κ2) is 6.58. The number of nitrogens with one attached hydrogen (secondary N) is 1. The van der Waals surface area contributed by atoms with E-state index in [2.05, 4.69) is 5.32 Å². The minimum Gasteiger partial charge on any atom is -0.326 e. The van der Waals surface area contributed by atoms with E-state index in [0.717, 1.165) is 12.8 Å². The van der Waals surface area contributed by atoms with Gasteiger partial charge in [-0.2, -0.15) is 4.31 Å². The van der Waals surface area contributed by atoms with Crippen LogP contribution in [0.15, 0.2) is 29.2 Å². The van der Waals surface area contributed by atoms with Gasteiger partial charge in [-0.05, 0) is 37.0 Å². The van der Waals surface area contributed by atoms with Crippen molar-refractivity contribution in [3.63, 3.8) is 0 Å². The summed E-state index contributed by atoms with van der Waals surface area (Å²) >= 11 is 0. The summed E-state index contributed by atoms with van der Waals surface area (Å²) in [6, 6.07) is 6.48. The molecular formula is C15H22N2O3S. The summed E-state index contributed by atoms with van der Waals surface area (Å²) in [7, 11) is -3.44. The first-order chi connectivity index (χ1) is 9.89. The Morgan fingerprint density at radius 1 is 1.29 bits per heavy atom. The maximum atomic E-state index is 12.5. The number of nitrogens with zero attached hydrogens (tertiary/aromatic N) is 1. The third-order valence-corrected chi connectivity index (χ3v) is 5.31. The first kappa shape index (κ1) is 16.0. The summed E-state index contributed by atoms with van der Waals surface area (Å²) < 4.78 is 26.4. The molecule has 21 heavy (non-hydrogen) atoms. The molecule has 1 aliphatic rings. The van der Waals surface area contributed by atoms with E-state index in [1.807, 2.05) is 13.8 Å². The zero-order chi connectivity index (χ0) is 15.5. The molecule has 1 saturated heterocycles. The van der Waals surface area contributed by atoms with E-state index in [1.54, 1.807) is 18.2 Å². The number of rotatable bonds is 5. The highest BCUT2D eigenvalue weighted by molar-refractivity contribution is 7.89. The lowest BCUT2D eigenvalue weighted by Crippen LogP contribution is -2.27. The van der Waals surface area contributed by atoms with Crippen LogP contribution >= 0.6 is 0 Å². The van der Waals surface area contributed by atoms with Crippen LogP contribution < -0.4 is 5.32 Å². The van der Waals surface area contributed by atoms with Crippen molar-refractivity contribution in [2.75, 3.05) is 18.4 Å². The average molecular weight is 310 g/mol. The first-order valence-electron chi connectivity index (χ1n) is 7.29. The molecule has 0 atom stereocenters. The molecule has 0 radical (unpaired) electrons. The Bertz CT molecular complexity index is 605. The summed E-state index contributed by atoms with van der Waals surface area (Å²) in [5.41, 5.74) is 0.529. The molecule has 0 saturated carbocycles. The quantitative estimate of drug-likeness (QED) is 0.908. The summed E-state index contributed by atoms with van der Waals surface area (Å²) in [6.07, 6.45) is 2.23. The molecular weight excluding hydrogens is 288 g/mol. The third-order valence-electron chi connectivity index (χ3n) is 3.41. The van der Waals surface area contributed by atoms with Gasteiger partial charge in [-0.3, -0.25) is 4.79 Å². The Labute approximate surface area is 126 Å². The van der Waals surface area contributed by atoms with Gasteiger partial charge in [0, 0.05) is 25.2 Å². The number of anilines is 1. The number of sulfonamides is 1. The van der Waals surface area contributed by atoms with E-state index in [-0.39, 0.29) is 16.7 Å². The van der Waals surface area contributed by atoms with Crippen molar-refractivity contribution in [3.05, 3.63) is 24.3 Å². The molecule has 1 fully saturated rings. The molecule has 116 valence electrons. The highest BCUT2D eigenvalue weighted by Crippen LogP contribution is 2.23.